The lowest BCUT2D eigenvalue weighted by Crippen LogP contribution is -2.40. The molecule has 0 saturated heterocycles. The fourth-order valence-corrected chi connectivity index (χ4v) is 11.7. The van der Waals surface area contributed by atoms with E-state index in [1.165, 1.54) is 23.1 Å². The van der Waals surface area contributed by atoms with Gasteiger partial charge in [0.05, 0.1) is 18.0 Å². The summed E-state index contributed by atoms with van der Waals surface area (Å²) in [5.74, 6) is -0.0834. The van der Waals surface area contributed by atoms with Crippen LogP contribution in [0.3, 0.4) is 0 Å². The second-order valence-electron chi connectivity index (χ2n) is 27.7. The molecule has 0 aliphatic heterocycles. The average molecular weight is 1420 g/mol. The van der Waals surface area contributed by atoms with Gasteiger partial charge in [0.1, 0.15) is 18.9 Å². The zero-order valence-electron chi connectivity index (χ0n) is 60.1. The second-order valence-corrected chi connectivity index (χ2v) is 28.6. The first-order valence-corrected chi connectivity index (χ1v) is 35.2. The molecule has 0 radical (unpaired) electrons. The van der Waals surface area contributed by atoms with E-state index in [-0.39, 0.29) is 127 Å². The average Bonchev–Trinajstić information content (AvgIpc) is 0.879. The molecule has 3 atom stereocenters. The molecule has 0 spiro atoms. The number of carbonyl (C=O) groups is 5. The van der Waals surface area contributed by atoms with Gasteiger partial charge in [-0.2, -0.15) is 9.98 Å². The molecule has 0 aliphatic rings. The van der Waals surface area contributed by atoms with Crippen LogP contribution in [0.25, 0.3) is 10.4 Å². The van der Waals surface area contributed by atoms with Crippen LogP contribution in [0, 0.1) is 44.1 Å². The minimum atomic E-state index is -0.691. The largest absolute Gasteiger partial charge is 0.448 e. The molecule has 3 rings (SSSR count). The van der Waals surface area contributed by atoms with Gasteiger partial charge in [-0.25, -0.2) is 9.59 Å². The Kier molecular flexibility index (Phi) is 38.8. The SMILES string of the molecule is CCCC(C)(C)CC(C)CC(=O)N/C(=N\C(N)=NCCCCCCN=C(N)/N=C(\NC(=O)CC(C)(C)CC(C)CNC(=O)OCCN(CCOC(=O)NCCC(C)CC(C)(C)CC)C(=O)CCCCCNc1ccc(N=[N+]=[N-])cc1[N+](=O)[O-])Nc1ccc(Cl)cc1)Nc1ccc(Cl)cc1. The molecule has 27 nitrogen and oxygen atoms in total. The summed E-state index contributed by atoms with van der Waals surface area (Å²) < 4.78 is 11.0. The Hall–Kier alpha value is -8.42. The second kappa shape index (κ2) is 45.3. The van der Waals surface area contributed by atoms with Gasteiger partial charge >= 0.3 is 12.2 Å². The number of alkyl carbamates (subject to hydrolysis) is 2. The van der Waals surface area contributed by atoms with E-state index in [0.29, 0.717) is 92.0 Å². The minimum Gasteiger partial charge on any atom is -0.448 e. The number of nitrogens with zero attached hydrogens (tertiary/aromatic N) is 9. The Morgan fingerprint density at radius 1 is 0.667 bits per heavy atom. The molecular weight excluding hydrogens is 1310 g/mol. The summed E-state index contributed by atoms with van der Waals surface area (Å²) >= 11 is 12.3. The molecule has 11 N–H and O–H groups in total. The van der Waals surface area contributed by atoms with E-state index in [4.69, 9.17) is 49.7 Å². The van der Waals surface area contributed by atoms with Crippen LogP contribution in [-0.2, 0) is 23.9 Å². The number of hydrogen-bond donors (Lipinski definition) is 9. The highest BCUT2D eigenvalue weighted by Crippen LogP contribution is 2.34. The van der Waals surface area contributed by atoms with Crippen molar-refractivity contribution in [3.05, 3.63) is 97.3 Å². The maximum Gasteiger partial charge on any atom is 0.407 e. The fraction of sp³-hybridized carbons (Fsp3) is 0.614. The Bertz CT molecular complexity index is 3190. The summed E-state index contributed by atoms with van der Waals surface area (Å²) in [5.41, 5.74) is 22.5. The Morgan fingerprint density at radius 3 is 1.73 bits per heavy atom. The molecule has 0 saturated carbocycles. The molecular formula is C70H110Cl2N18O9. The van der Waals surface area contributed by atoms with Crippen LogP contribution >= 0.6 is 23.2 Å². The number of anilines is 3. The molecule has 29 heteroatoms. The quantitative estimate of drug-likeness (QED) is 0.00372. The first kappa shape index (κ1) is 84.8. The van der Waals surface area contributed by atoms with Crippen molar-refractivity contribution in [3.8, 4) is 0 Å². The summed E-state index contributed by atoms with van der Waals surface area (Å²) in [7, 11) is 0. The number of hydrogen-bond acceptors (Lipinski definition) is 13. The fourth-order valence-electron chi connectivity index (χ4n) is 11.5. The first-order chi connectivity index (χ1) is 46.9. The third-order valence-corrected chi connectivity index (χ3v) is 16.8. The number of nitro groups is 1. The summed E-state index contributed by atoms with van der Waals surface area (Å²) in [5, 5.41) is 36.8. The van der Waals surface area contributed by atoms with Crippen LogP contribution < -0.4 is 48.7 Å². The van der Waals surface area contributed by atoms with E-state index in [1.54, 1.807) is 48.5 Å². The molecule has 5 amide bonds. The number of amides is 5. The molecule has 548 valence electrons. The van der Waals surface area contributed by atoms with Crippen molar-refractivity contribution in [1.82, 2.24) is 26.2 Å². The van der Waals surface area contributed by atoms with Crippen molar-refractivity contribution < 1.29 is 38.4 Å². The van der Waals surface area contributed by atoms with Crippen molar-refractivity contribution in [2.24, 2.45) is 70.5 Å². The summed E-state index contributed by atoms with van der Waals surface area (Å²) in [4.78, 5) is 99.2. The van der Waals surface area contributed by atoms with Gasteiger partial charge in [0.2, 0.25) is 41.6 Å². The Morgan fingerprint density at radius 2 is 1.19 bits per heavy atom. The highest BCUT2D eigenvalue weighted by Gasteiger charge is 2.27. The van der Waals surface area contributed by atoms with E-state index in [0.717, 1.165) is 57.8 Å². The smallest absolute Gasteiger partial charge is 0.407 e. The van der Waals surface area contributed by atoms with Gasteiger partial charge in [0.15, 0.2) is 0 Å². The van der Waals surface area contributed by atoms with E-state index < -0.39 is 22.5 Å². The highest BCUT2D eigenvalue weighted by molar-refractivity contribution is 6.31. The van der Waals surface area contributed by atoms with Gasteiger partial charge in [0.25, 0.3) is 5.69 Å². The first-order valence-electron chi connectivity index (χ1n) is 34.5. The Balaban J connectivity index is 1.53. The van der Waals surface area contributed by atoms with Crippen molar-refractivity contribution in [1.29, 1.82) is 0 Å². The molecule has 0 aromatic heterocycles. The van der Waals surface area contributed by atoms with Crippen LogP contribution in [0.1, 0.15) is 185 Å². The zero-order valence-corrected chi connectivity index (χ0v) is 61.6. The predicted molar refractivity (Wildman–Crippen MR) is 399 cm³/mol. The third-order valence-electron chi connectivity index (χ3n) is 16.3. The highest BCUT2D eigenvalue weighted by atomic mass is 35.5. The Labute approximate surface area is 595 Å². The van der Waals surface area contributed by atoms with E-state index in [9.17, 15) is 34.1 Å². The maximum absolute atomic E-state index is 13.7. The molecule has 3 aromatic carbocycles. The molecule has 0 aliphatic carbocycles. The number of rotatable bonds is 42. The molecule has 0 fully saturated rings. The molecule has 99 heavy (non-hydrogen) atoms. The van der Waals surface area contributed by atoms with Gasteiger partial charge in [-0.1, -0.05) is 143 Å². The van der Waals surface area contributed by atoms with Crippen molar-refractivity contribution in [3.63, 3.8) is 0 Å². The lowest BCUT2D eigenvalue weighted by atomic mass is 9.79. The number of halogens is 2. The lowest BCUT2D eigenvalue weighted by molar-refractivity contribution is -0.383. The molecule has 3 unspecified atom stereocenters. The van der Waals surface area contributed by atoms with Gasteiger partial charge in [-0.05, 0) is 152 Å². The summed E-state index contributed by atoms with van der Waals surface area (Å²) in [6.07, 6.45) is 10.5. The maximum atomic E-state index is 13.7. The normalized spacial score (nSPS) is 13.2. The van der Waals surface area contributed by atoms with Crippen molar-refractivity contribution in [2.45, 2.75) is 185 Å². The number of azide groups is 1. The number of unbranched alkanes of at least 4 members (excludes halogenated alkanes) is 5. The molecule has 0 bridgehead atoms. The predicted octanol–water partition coefficient (Wildman–Crippen LogP) is 15.0. The van der Waals surface area contributed by atoms with Crippen molar-refractivity contribution in [2.75, 3.05) is 75.0 Å². The zero-order chi connectivity index (χ0) is 73.4. The van der Waals surface area contributed by atoms with E-state index in [2.05, 4.69) is 123 Å². The van der Waals surface area contributed by atoms with E-state index >= 15 is 0 Å². The van der Waals surface area contributed by atoms with Gasteiger partial charge in [-0.3, -0.25) is 45.1 Å². The van der Waals surface area contributed by atoms with Crippen LogP contribution in [0.4, 0.5) is 38.0 Å². The summed E-state index contributed by atoms with van der Waals surface area (Å²) in [6, 6.07) is 18.0. The van der Waals surface area contributed by atoms with Crippen LogP contribution in [0.2, 0.25) is 10.0 Å². The summed E-state index contributed by atoms with van der Waals surface area (Å²) in [6.45, 7) is 25.1. The van der Waals surface area contributed by atoms with Crippen molar-refractivity contribution >= 4 is 105 Å². The number of nitrogens with one attached hydrogen (secondary N) is 7. The number of nitrogens with two attached hydrogens (primary N) is 2. The number of benzene rings is 3. The number of ether oxygens (including phenoxy) is 2. The topological polar surface area (TPSA) is 385 Å². The van der Waals surface area contributed by atoms with Gasteiger partial charge in [-0.15, -0.1) is 0 Å². The van der Waals surface area contributed by atoms with Gasteiger partial charge < -0.3 is 52.4 Å². The number of guanidine groups is 4. The third kappa shape index (κ3) is 38.5. The van der Waals surface area contributed by atoms with Crippen LogP contribution in [-0.4, -0.2) is 123 Å². The number of nitro benzene ring substituents is 1. The number of carbonyl (C=O) groups excluding carboxylic acids is 5. The standard InChI is InChI=1S/C70H110Cl2N18O9/c1-12-33-69(8,9)45-50(4)42-59(91)83-64(81-54-26-22-52(71)23-27-54)85-62(73)77-35-18-14-15-19-36-78-63(74)86-65(82-55-28-24-53(72)25-29-55)84-60(92)47-70(10,11)46-51(5)48-80-67(95)99-41-39-89(38-40-98-66(94)79-37-32-49(3)44-68(6,7)13-2)61(93)21-17-16-20-34-76-57-31-30-56(87-88-75)43-58(57)90(96)97/h22-31,43,49-51,76H,12-21,32-42,44-48H2,1-11H3,(H,79,94)(H,80,95)(H4,73,77,81,83,85,91)(H4,74,78,82,84,86,92). The molecule has 0 heterocycles. The number of aliphatic imine (C=N–C) groups is 4. The molecule has 3 aromatic rings. The van der Waals surface area contributed by atoms with Crippen LogP contribution in [0.5, 0.6) is 0 Å². The van der Waals surface area contributed by atoms with E-state index in [1.807, 2.05) is 20.8 Å². The van der Waals surface area contributed by atoms with Gasteiger partial charge in [0, 0.05) is 90.1 Å². The minimum absolute atomic E-state index is 0.0175. The monoisotopic (exact) mass is 1420 g/mol. The van der Waals surface area contributed by atoms with Crippen LogP contribution in [0.15, 0.2) is 91.8 Å². The lowest BCUT2D eigenvalue weighted by Gasteiger charge is -2.28.